The van der Waals surface area contributed by atoms with E-state index in [1.807, 2.05) is 0 Å². The number of carboxylic acid groups (broad SMARTS) is 1. The second kappa shape index (κ2) is 5.16. The van der Waals surface area contributed by atoms with E-state index in [4.69, 9.17) is 5.11 Å². The molecule has 0 spiro atoms. The first kappa shape index (κ1) is 14.4. The largest absolute Gasteiger partial charge is 0.872 e. The molecule has 0 atom stereocenters. The Morgan fingerprint density at radius 1 is 1.05 bits per heavy atom. The molecule has 0 aromatic heterocycles. The predicted octanol–water partition coefficient (Wildman–Crippen LogP) is 1.41. The van der Waals surface area contributed by atoms with E-state index in [-0.39, 0.29) is 0 Å². The van der Waals surface area contributed by atoms with Crippen LogP contribution in [0.3, 0.4) is 0 Å². The Labute approximate surface area is 119 Å². The molecule has 0 heterocycles. The summed E-state index contributed by atoms with van der Waals surface area (Å²) in [5, 5.41) is 40.4. The van der Waals surface area contributed by atoms with E-state index in [2.05, 4.69) is 0 Å². The summed E-state index contributed by atoms with van der Waals surface area (Å²) >= 11 is 0. The molecule has 2 aromatic rings. The van der Waals surface area contributed by atoms with Crippen molar-refractivity contribution in [1.82, 2.24) is 0 Å². The first-order valence-electron chi connectivity index (χ1n) is 5.93. The maximum atomic E-state index is 12.4. The van der Waals surface area contributed by atoms with Crippen LogP contribution >= 0.6 is 0 Å². The molecule has 0 radical (unpaired) electrons. The van der Waals surface area contributed by atoms with Gasteiger partial charge in [-0.1, -0.05) is 17.9 Å². The third kappa shape index (κ3) is 2.51. The molecule has 0 saturated carbocycles. The monoisotopic (exact) mass is 287 g/mol. The number of carboxylic acids is 1. The molecule has 6 nitrogen and oxygen atoms in total. The first-order chi connectivity index (χ1) is 9.82. The fourth-order valence-corrected chi connectivity index (χ4v) is 2.05. The van der Waals surface area contributed by atoms with E-state index in [0.717, 1.165) is 12.1 Å². The van der Waals surface area contributed by atoms with Gasteiger partial charge in [0, 0.05) is 0 Å². The van der Waals surface area contributed by atoms with E-state index in [1.54, 1.807) is 6.92 Å². The number of phenolic OH excluding ortho intramolecular Hbond substituents is 2. The van der Waals surface area contributed by atoms with Gasteiger partial charge in [-0.25, -0.2) is 4.79 Å². The summed E-state index contributed by atoms with van der Waals surface area (Å²) in [6.07, 6.45) is 0. The van der Waals surface area contributed by atoms with Crippen LogP contribution in [-0.2, 0) is 0 Å². The van der Waals surface area contributed by atoms with Crippen LogP contribution in [0.15, 0.2) is 30.3 Å². The molecule has 0 amide bonds. The Balaban J connectivity index is 2.72. The molecular weight excluding hydrogens is 276 g/mol. The van der Waals surface area contributed by atoms with E-state index in [9.17, 15) is 24.9 Å². The van der Waals surface area contributed by atoms with E-state index in [0.29, 0.717) is 5.56 Å². The lowest BCUT2D eigenvalue weighted by Crippen LogP contribution is -2.13. The van der Waals surface area contributed by atoms with Gasteiger partial charge in [0.1, 0.15) is 11.5 Å². The molecule has 0 bridgehead atoms. The lowest BCUT2D eigenvalue weighted by molar-refractivity contribution is -0.268. The summed E-state index contributed by atoms with van der Waals surface area (Å²) in [4.78, 5) is 23.6. The van der Waals surface area contributed by atoms with E-state index >= 15 is 0 Å². The number of hydrogen-bond donors (Lipinski definition) is 3. The van der Waals surface area contributed by atoms with Crippen molar-refractivity contribution < 1.29 is 30.0 Å². The molecule has 3 N–H and O–H groups in total. The van der Waals surface area contributed by atoms with Crippen LogP contribution in [0.1, 0.15) is 31.8 Å². The van der Waals surface area contributed by atoms with E-state index < -0.39 is 45.7 Å². The fraction of sp³-hybridized carbons (Fsp3) is 0.0667. The number of benzene rings is 2. The molecule has 6 heteroatoms. The number of aromatic carboxylic acids is 1. The zero-order chi connectivity index (χ0) is 15.7. The SMILES string of the molecule is Cc1cc(O)c(C(=O)c2c([O-])cccc2O)c(C(=O)O)c1. The third-order valence-electron chi connectivity index (χ3n) is 2.95. The van der Waals surface area contributed by atoms with Gasteiger partial charge in [-0.3, -0.25) is 4.79 Å². The number of aryl methyl sites for hydroxylation is 1. The predicted molar refractivity (Wildman–Crippen MR) is 70.8 cm³/mol. The highest BCUT2D eigenvalue weighted by molar-refractivity contribution is 6.18. The van der Waals surface area contributed by atoms with Crippen molar-refractivity contribution in [2.75, 3.05) is 0 Å². The topological polar surface area (TPSA) is 118 Å². The molecule has 108 valence electrons. The lowest BCUT2D eigenvalue weighted by atomic mass is 9.94. The lowest BCUT2D eigenvalue weighted by Gasteiger charge is -2.15. The van der Waals surface area contributed by atoms with Crippen LogP contribution in [0, 0.1) is 6.92 Å². The van der Waals surface area contributed by atoms with Crippen molar-refractivity contribution in [2.45, 2.75) is 6.92 Å². The zero-order valence-electron chi connectivity index (χ0n) is 11.0. The first-order valence-corrected chi connectivity index (χ1v) is 5.93. The molecule has 0 unspecified atom stereocenters. The smallest absolute Gasteiger partial charge is 0.336 e. The molecule has 0 aliphatic rings. The molecular formula is C15H11O6-. The van der Waals surface area contributed by atoms with Crippen LogP contribution < -0.4 is 5.11 Å². The fourth-order valence-electron chi connectivity index (χ4n) is 2.05. The molecule has 0 aliphatic heterocycles. The van der Waals surface area contributed by atoms with Crippen molar-refractivity contribution in [2.24, 2.45) is 0 Å². The Morgan fingerprint density at radius 2 is 1.71 bits per heavy atom. The number of carbonyl (C=O) groups is 2. The highest BCUT2D eigenvalue weighted by Crippen LogP contribution is 2.32. The number of hydrogen-bond acceptors (Lipinski definition) is 5. The normalized spacial score (nSPS) is 10.3. The summed E-state index contributed by atoms with van der Waals surface area (Å²) in [6.45, 7) is 1.55. The highest BCUT2D eigenvalue weighted by Gasteiger charge is 2.24. The molecule has 2 rings (SSSR count). The Morgan fingerprint density at radius 3 is 2.29 bits per heavy atom. The number of rotatable bonds is 3. The number of ketones is 1. The van der Waals surface area contributed by atoms with Crippen molar-refractivity contribution in [1.29, 1.82) is 0 Å². The van der Waals surface area contributed by atoms with Gasteiger partial charge >= 0.3 is 5.97 Å². The number of aromatic hydroxyl groups is 2. The van der Waals surface area contributed by atoms with Gasteiger partial charge in [-0.2, -0.15) is 0 Å². The van der Waals surface area contributed by atoms with Crippen LogP contribution in [0.2, 0.25) is 0 Å². The molecule has 0 aliphatic carbocycles. The van der Waals surface area contributed by atoms with Crippen LogP contribution in [0.25, 0.3) is 0 Å². The average molecular weight is 287 g/mol. The Kier molecular flexibility index (Phi) is 3.54. The second-order valence-electron chi connectivity index (χ2n) is 4.49. The van der Waals surface area contributed by atoms with Gasteiger partial charge in [-0.15, -0.1) is 0 Å². The van der Waals surface area contributed by atoms with E-state index in [1.165, 1.54) is 18.2 Å². The van der Waals surface area contributed by atoms with Crippen molar-refractivity contribution in [3.05, 3.63) is 52.6 Å². The van der Waals surface area contributed by atoms with Crippen LogP contribution in [-0.4, -0.2) is 27.1 Å². The third-order valence-corrected chi connectivity index (χ3v) is 2.95. The Hall–Kier alpha value is -3.02. The summed E-state index contributed by atoms with van der Waals surface area (Å²) in [7, 11) is 0. The van der Waals surface area contributed by atoms with Crippen LogP contribution in [0.5, 0.6) is 17.2 Å². The summed E-state index contributed by atoms with van der Waals surface area (Å²) in [6, 6.07) is 5.89. The van der Waals surface area contributed by atoms with Gasteiger partial charge in [0.2, 0.25) is 5.78 Å². The summed E-state index contributed by atoms with van der Waals surface area (Å²) in [5.74, 6) is -4.33. The summed E-state index contributed by atoms with van der Waals surface area (Å²) in [5.41, 5.74) is -1.08. The Bertz CT molecular complexity index is 728. The van der Waals surface area contributed by atoms with Gasteiger partial charge < -0.3 is 20.4 Å². The minimum atomic E-state index is -1.42. The van der Waals surface area contributed by atoms with Gasteiger partial charge in [0.25, 0.3) is 0 Å². The zero-order valence-corrected chi connectivity index (χ0v) is 11.0. The van der Waals surface area contributed by atoms with Crippen LogP contribution in [0.4, 0.5) is 0 Å². The van der Waals surface area contributed by atoms with Crippen molar-refractivity contribution in [3.8, 4) is 17.2 Å². The molecule has 21 heavy (non-hydrogen) atoms. The van der Waals surface area contributed by atoms with Crippen molar-refractivity contribution >= 4 is 11.8 Å². The molecule has 0 saturated heterocycles. The van der Waals surface area contributed by atoms with Gasteiger partial charge in [-0.05, 0) is 30.7 Å². The second-order valence-corrected chi connectivity index (χ2v) is 4.49. The van der Waals surface area contributed by atoms with Gasteiger partial charge in [0.05, 0.1) is 16.7 Å². The molecule has 2 aromatic carbocycles. The quantitative estimate of drug-likeness (QED) is 0.734. The number of carbonyl (C=O) groups excluding carboxylic acids is 1. The standard InChI is InChI=1S/C15H12O6/c1-7-5-8(15(20)21)12(11(18)6-7)14(19)13-9(16)3-2-4-10(13)17/h2-6,16-18H,1H3,(H,20,21)/p-1. The minimum absolute atomic E-state index is 0.430. The summed E-state index contributed by atoms with van der Waals surface area (Å²) < 4.78 is 0. The average Bonchev–Trinajstić information content (AvgIpc) is 2.37. The maximum Gasteiger partial charge on any atom is 0.336 e. The molecule has 0 fully saturated rings. The minimum Gasteiger partial charge on any atom is -0.872 e. The van der Waals surface area contributed by atoms with Gasteiger partial charge in [0.15, 0.2) is 0 Å². The van der Waals surface area contributed by atoms with Crippen molar-refractivity contribution in [3.63, 3.8) is 0 Å². The highest BCUT2D eigenvalue weighted by atomic mass is 16.4. The number of phenols is 2. The maximum absolute atomic E-state index is 12.4.